The van der Waals surface area contributed by atoms with Crippen LogP contribution in [0.15, 0.2) is 107 Å². The Bertz CT molecular complexity index is 1470. The second kappa shape index (κ2) is 12.5. The predicted molar refractivity (Wildman–Crippen MR) is 148 cm³/mol. The van der Waals surface area contributed by atoms with Crippen LogP contribution in [0.25, 0.3) is 0 Å². The number of esters is 1. The summed E-state index contributed by atoms with van der Waals surface area (Å²) in [5.74, 6) is -0.283. The minimum absolute atomic E-state index is 0.283. The number of methoxy groups -OCH3 is 1. The van der Waals surface area contributed by atoms with Crippen LogP contribution in [0, 0.1) is 0 Å². The maximum absolute atomic E-state index is 12.5. The van der Waals surface area contributed by atoms with Crippen molar-refractivity contribution in [3.05, 3.63) is 124 Å². The molecule has 0 aliphatic carbocycles. The Balaban J connectivity index is 1.34. The predicted octanol–water partition coefficient (Wildman–Crippen LogP) is 5.69. The molecule has 8 nitrogen and oxygen atoms in total. The largest absolute Gasteiger partial charge is 0.497 e. The molecule has 9 heteroatoms. The molecule has 2 N–H and O–H groups in total. The molecule has 0 bridgehead atoms. The summed E-state index contributed by atoms with van der Waals surface area (Å²) in [5.41, 5.74) is 4.72. The number of nitrogens with one attached hydrogen (secondary N) is 2. The quantitative estimate of drug-likeness (QED) is 0.122. The van der Waals surface area contributed by atoms with E-state index in [1.165, 1.54) is 6.21 Å². The Morgan fingerprint density at radius 3 is 2.05 bits per heavy atom. The summed E-state index contributed by atoms with van der Waals surface area (Å²) in [7, 11) is 1.56. The van der Waals surface area contributed by atoms with Crippen LogP contribution in [0.1, 0.15) is 36.6 Å². The van der Waals surface area contributed by atoms with Crippen molar-refractivity contribution < 1.29 is 23.9 Å². The molecule has 4 aromatic rings. The van der Waals surface area contributed by atoms with Gasteiger partial charge in [-0.1, -0.05) is 28.1 Å². The van der Waals surface area contributed by atoms with Crippen molar-refractivity contribution in [3.8, 4) is 11.5 Å². The maximum Gasteiger partial charge on any atom is 0.343 e. The molecular formula is C29H22BrN3O5. The van der Waals surface area contributed by atoms with E-state index < -0.39 is 11.9 Å². The highest BCUT2D eigenvalue weighted by Gasteiger charge is 2.11. The Labute approximate surface area is 227 Å². The number of benzene rings is 4. The van der Waals surface area contributed by atoms with Gasteiger partial charge in [-0.15, -0.1) is 0 Å². The number of anilines is 1. The van der Waals surface area contributed by atoms with E-state index in [0.717, 1.165) is 4.47 Å². The van der Waals surface area contributed by atoms with Crippen molar-refractivity contribution in [3.63, 3.8) is 0 Å². The Morgan fingerprint density at radius 2 is 1.37 bits per heavy atom. The summed E-state index contributed by atoms with van der Waals surface area (Å²) in [5, 5.41) is 6.77. The lowest BCUT2D eigenvalue weighted by molar-refractivity contribution is 0.0734. The van der Waals surface area contributed by atoms with Crippen molar-refractivity contribution in [2.45, 2.75) is 0 Å². The average molecular weight is 572 g/mol. The molecule has 0 aliphatic heterocycles. The third-order valence-electron chi connectivity index (χ3n) is 5.33. The van der Waals surface area contributed by atoms with E-state index in [9.17, 15) is 14.4 Å². The lowest BCUT2D eigenvalue weighted by Crippen LogP contribution is -2.18. The van der Waals surface area contributed by atoms with Gasteiger partial charge in [-0.3, -0.25) is 9.59 Å². The molecule has 4 aromatic carbocycles. The molecule has 0 spiro atoms. The minimum atomic E-state index is -0.512. The van der Waals surface area contributed by atoms with Crippen LogP contribution >= 0.6 is 15.9 Å². The molecule has 0 aromatic heterocycles. The van der Waals surface area contributed by atoms with Crippen molar-refractivity contribution >= 4 is 45.6 Å². The molecule has 0 radical (unpaired) electrons. The van der Waals surface area contributed by atoms with E-state index in [4.69, 9.17) is 9.47 Å². The fraction of sp³-hybridized carbons (Fsp3) is 0.0345. The van der Waals surface area contributed by atoms with Crippen LogP contribution in [0.5, 0.6) is 11.5 Å². The number of ether oxygens (including phenoxy) is 2. The molecular weight excluding hydrogens is 550 g/mol. The molecule has 0 heterocycles. The van der Waals surface area contributed by atoms with Crippen LogP contribution < -0.4 is 20.2 Å². The highest BCUT2D eigenvalue weighted by Crippen LogP contribution is 2.19. The molecule has 2 amide bonds. The normalized spacial score (nSPS) is 10.6. The van der Waals surface area contributed by atoms with Gasteiger partial charge in [0.15, 0.2) is 0 Å². The van der Waals surface area contributed by atoms with Gasteiger partial charge < -0.3 is 14.8 Å². The van der Waals surface area contributed by atoms with Crippen LogP contribution in [0.2, 0.25) is 0 Å². The lowest BCUT2D eigenvalue weighted by Gasteiger charge is -2.08. The molecule has 0 aliphatic rings. The van der Waals surface area contributed by atoms with Crippen LogP contribution in [-0.2, 0) is 0 Å². The van der Waals surface area contributed by atoms with Crippen LogP contribution in [0.4, 0.5) is 5.69 Å². The van der Waals surface area contributed by atoms with E-state index in [-0.39, 0.29) is 5.91 Å². The highest BCUT2D eigenvalue weighted by molar-refractivity contribution is 9.10. The first-order valence-corrected chi connectivity index (χ1v) is 12.2. The number of hydrazone groups is 1. The SMILES string of the molecule is COc1ccc(C(=O)Nc2ccc(C(=O)N/N=C\c3ccccc3OC(=O)c3ccc(Br)cc3)cc2)cc1. The first-order valence-electron chi connectivity index (χ1n) is 11.4. The zero-order valence-electron chi connectivity index (χ0n) is 20.2. The second-order valence-electron chi connectivity index (χ2n) is 7.89. The fourth-order valence-electron chi connectivity index (χ4n) is 3.30. The number of para-hydroxylation sites is 1. The van der Waals surface area contributed by atoms with Gasteiger partial charge in [0.05, 0.1) is 18.9 Å². The van der Waals surface area contributed by atoms with Gasteiger partial charge in [-0.05, 0) is 84.9 Å². The molecule has 38 heavy (non-hydrogen) atoms. The first-order chi connectivity index (χ1) is 18.4. The molecule has 0 saturated heterocycles. The summed E-state index contributed by atoms with van der Waals surface area (Å²) < 4.78 is 11.5. The van der Waals surface area contributed by atoms with Gasteiger partial charge in [-0.2, -0.15) is 5.10 Å². The summed E-state index contributed by atoms with van der Waals surface area (Å²) in [6.45, 7) is 0. The Hall–Kier alpha value is -4.76. The van der Waals surface area contributed by atoms with Gasteiger partial charge in [0, 0.05) is 26.9 Å². The monoisotopic (exact) mass is 571 g/mol. The van der Waals surface area contributed by atoms with E-state index in [1.807, 2.05) is 0 Å². The summed E-state index contributed by atoms with van der Waals surface area (Å²) in [4.78, 5) is 37.4. The molecule has 0 saturated carbocycles. The van der Waals surface area contributed by atoms with Crippen LogP contribution in [-0.4, -0.2) is 31.1 Å². The number of nitrogens with zero attached hydrogens (tertiary/aromatic N) is 1. The third-order valence-corrected chi connectivity index (χ3v) is 5.86. The van der Waals surface area contributed by atoms with E-state index >= 15 is 0 Å². The number of amides is 2. The zero-order chi connectivity index (χ0) is 26.9. The lowest BCUT2D eigenvalue weighted by atomic mass is 10.1. The first kappa shape index (κ1) is 26.3. The number of halogens is 1. The molecule has 0 unspecified atom stereocenters. The van der Waals surface area contributed by atoms with Gasteiger partial charge >= 0.3 is 5.97 Å². The minimum Gasteiger partial charge on any atom is -0.497 e. The van der Waals surface area contributed by atoms with Crippen molar-refractivity contribution in [1.29, 1.82) is 0 Å². The van der Waals surface area contributed by atoms with Gasteiger partial charge in [0.1, 0.15) is 11.5 Å². The third kappa shape index (κ3) is 6.92. The maximum atomic E-state index is 12.5. The summed E-state index contributed by atoms with van der Waals surface area (Å²) in [6, 6.07) is 26.8. The Morgan fingerprint density at radius 1 is 0.763 bits per heavy atom. The molecule has 4 rings (SSSR count). The number of hydrogen-bond donors (Lipinski definition) is 2. The summed E-state index contributed by atoms with van der Waals surface area (Å²) in [6.07, 6.45) is 1.39. The molecule has 0 fully saturated rings. The molecule has 190 valence electrons. The van der Waals surface area contributed by atoms with Gasteiger partial charge in [-0.25, -0.2) is 10.2 Å². The number of hydrogen-bond acceptors (Lipinski definition) is 6. The van der Waals surface area contributed by atoms with Crippen molar-refractivity contribution in [2.75, 3.05) is 12.4 Å². The van der Waals surface area contributed by atoms with Gasteiger partial charge in [0.2, 0.25) is 0 Å². The van der Waals surface area contributed by atoms with Gasteiger partial charge in [0.25, 0.3) is 11.8 Å². The number of rotatable bonds is 8. The van der Waals surface area contributed by atoms with E-state index in [0.29, 0.717) is 39.4 Å². The van der Waals surface area contributed by atoms with Crippen molar-refractivity contribution in [1.82, 2.24) is 5.43 Å². The van der Waals surface area contributed by atoms with E-state index in [2.05, 4.69) is 31.8 Å². The second-order valence-corrected chi connectivity index (χ2v) is 8.81. The Kier molecular flexibility index (Phi) is 8.63. The smallest absolute Gasteiger partial charge is 0.343 e. The van der Waals surface area contributed by atoms with Crippen LogP contribution in [0.3, 0.4) is 0 Å². The number of carbonyl (C=O) groups excluding carboxylic acids is 3. The average Bonchev–Trinajstić information content (AvgIpc) is 2.94. The van der Waals surface area contributed by atoms with E-state index in [1.54, 1.807) is 104 Å². The topological polar surface area (TPSA) is 106 Å². The fourth-order valence-corrected chi connectivity index (χ4v) is 3.56. The zero-order valence-corrected chi connectivity index (χ0v) is 21.8. The standard InChI is InChI=1S/C29H22BrN3O5/c1-37-25-16-10-19(11-17-25)27(34)32-24-14-8-20(9-15-24)28(35)33-31-18-22-4-2-3-5-26(22)38-29(36)21-6-12-23(30)13-7-21/h2-18H,1H3,(H,32,34)(H,33,35)/b31-18-. The summed E-state index contributed by atoms with van der Waals surface area (Å²) >= 11 is 3.33. The highest BCUT2D eigenvalue weighted by atomic mass is 79.9. The number of carbonyl (C=O) groups is 3. The molecule has 0 atom stereocenters. The van der Waals surface area contributed by atoms with Crippen molar-refractivity contribution in [2.24, 2.45) is 5.10 Å².